The number of rotatable bonds is 9. The van der Waals surface area contributed by atoms with Crippen molar-refractivity contribution in [1.82, 2.24) is 15.2 Å². The van der Waals surface area contributed by atoms with Crippen LogP contribution in [0.3, 0.4) is 0 Å². The van der Waals surface area contributed by atoms with E-state index in [9.17, 15) is 18.0 Å². The van der Waals surface area contributed by atoms with Crippen molar-refractivity contribution in [3.63, 3.8) is 0 Å². The lowest BCUT2D eigenvalue weighted by atomic mass is 10.0. The fraction of sp³-hybridized carbons (Fsp3) is 0.233. The minimum absolute atomic E-state index is 0.00367. The van der Waals surface area contributed by atoms with Gasteiger partial charge in [0.25, 0.3) is 0 Å². The molecule has 0 radical (unpaired) electrons. The van der Waals surface area contributed by atoms with Gasteiger partial charge in [0.05, 0.1) is 29.4 Å². The summed E-state index contributed by atoms with van der Waals surface area (Å²) in [5, 5.41) is 12.9. The lowest BCUT2D eigenvalue weighted by Crippen LogP contribution is -2.31. The molecule has 0 unspecified atom stereocenters. The van der Waals surface area contributed by atoms with Crippen LogP contribution in [0.15, 0.2) is 84.0 Å². The second-order valence-electron chi connectivity index (χ2n) is 9.78. The van der Waals surface area contributed by atoms with Crippen molar-refractivity contribution in [2.75, 3.05) is 23.0 Å². The molecule has 0 aliphatic carbocycles. The van der Waals surface area contributed by atoms with E-state index >= 15 is 0 Å². The number of para-hydroxylation sites is 1. The number of carbonyl (C=O) groups excluding carboxylic acids is 1. The molecular weight excluding hydrogens is 565 g/mol. The topological polar surface area (TPSA) is 83.8 Å². The number of nitrogens with zero attached hydrogens (tertiary/aromatic N) is 4. The minimum Gasteiger partial charge on any atom is -0.406 e. The molecule has 218 valence electrons. The Bertz CT molecular complexity index is 1580. The van der Waals surface area contributed by atoms with Gasteiger partial charge in [-0.15, -0.1) is 13.2 Å². The van der Waals surface area contributed by atoms with Crippen molar-refractivity contribution in [1.29, 1.82) is 0 Å². The first-order valence-electron chi connectivity index (χ1n) is 13.2. The summed E-state index contributed by atoms with van der Waals surface area (Å²) in [4.78, 5) is 14.4. The second kappa shape index (κ2) is 12.2. The molecule has 1 saturated heterocycles. The van der Waals surface area contributed by atoms with E-state index < -0.39 is 6.36 Å². The average molecular weight is 595 g/mol. The van der Waals surface area contributed by atoms with Crippen molar-refractivity contribution < 1.29 is 22.7 Å². The summed E-state index contributed by atoms with van der Waals surface area (Å²) in [6.07, 6.45) is -4.75. The highest BCUT2D eigenvalue weighted by molar-refractivity contribution is 8.15. The molecule has 0 saturated carbocycles. The van der Waals surface area contributed by atoms with Crippen LogP contribution in [-0.4, -0.2) is 40.0 Å². The Morgan fingerprint density at radius 2 is 1.76 bits per heavy atom. The van der Waals surface area contributed by atoms with Crippen molar-refractivity contribution in [3.05, 3.63) is 90.0 Å². The van der Waals surface area contributed by atoms with Gasteiger partial charge in [-0.2, -0.15) is 10.2 Å². The molecule has 2 N–H and O–H groups in total. The van der Waals surface area contributed by atoms with Crippen LogP contribution < -0.4 is 20.4 Å². The van der Waals surface area contributed by atoms with Gasteiger partial charge >= 0.3 is 6.36 Å². The fourth-order valence-corrected chi connectivity index (χ4v) is 5.38. The molecule has 0 bridgehead atoms. The van der Waals surface area contributed by atoms with Crippen LogP contribution in [0.25, 0.3) is 16.9 Å². The summed E-state index contributed by atoms with van der Waals surface area (Å²) in [6.45, 7) is 4.66. The zero-order valence-electron chi connectivity index (χ0n) is 23.1. The molecule has 1 amide bonds. The summed E-state index contributed by atoms with van der Waals surface area (Å²) >= 11 is 1.41. The van der Waals surface area contributed by atoms with E-state index in [1.54, 1.807) is 16.6 Å². The Morgan fingerprint density at radius 1 is 1.05 bits per heavy atom. The van der Waals surface area contributed by atoms with Crippen LogP contribution in [-0.2, 0) is 11.3 Å². The first kappa shape index (κ1) is 29.1. The zero-order chi connectivity index (χ0) is 29.9. The second-order valence-corrected chi connectivity index (χ2v) is 10.7. The van der Waals surface area contributed by atoms with E-state index in [0.717, 1.165) is 22.4 Å². The van der Waals surface area contributed by atoms with Crippen LogP contribution in [0.5, 0.6) is 5.75 Å². The number of carbonyl (C=O) groups is 1. The molecule has 2 heterocycles. The van der Waals surface area contributed by atoms with Crippen LogP contribution in [0.4, 0.5) is 24.7 Å². The van der Waals surface area contributed by atoms with Crippen LogP contribution in [0, 0.1) is 0 Å². The molecule has 42 heavy (non-hydrogen) atoms. The number of amidine groups is 1. The standard InChI is InChI=1S/C30H29F3N6O2S/c1-19(2)24-6-4-5-7-26(24)38-28(40)18-42-29(38)36-35-17-20-8-10-21(11-9-20)25-16-27(34-3)39(37-25)22-12-14-23(15-13-22)41-30(31,32)33/h4-16,19,34-35H,17-18H2,1-3H3/b36-29-. The summed E-state index contributed by atoms with van der Waals surface area (Å²) in [5.41, 5.74) is 8.17. The Balaban J connectivity index is 1.27. The molecule has 5 rings (SSSR count). The number of anilines is 2. The Kier molecular flexibility index (Phi) is 8.44. The minimum atomic E-state index is -4.75. The maximum Gasteiger partial charge on any atom is 0.573 e. The van der Waals surface area contributed by atoms with Gasteiger partial charge in [-0.3, -0.25) is 9.69 Å². The number of nitrogens with one attached hydrogen (secondary N) is 2. The fourth-order valence-electron chi connectivity index (χ4n) is 4.54. The molecule has 3 aromatic carbocycles. The number of ether oxygens (including phenoxy) is 1. The van der Waals surface area contributed by atoms with Gasteiger partial charge in [0.2, 0.25) is 5.91 Å². The van der Waals surface area contributed by atoms with E-state index in [4.69, 9.17) is 0 Å². The predicted octanol–water partition coefficient (Wildman–Crippen LogP) is 6.74. The van der Waals surface area contributed by atoms with Crippen molar-refractivity contribution in [2.24, 2.45) is 5.10 Å². The van der Waals surface area contributed by atoms with Crippen LogP contribution in [0.2, 0.25) is 0 Å². The number of alkyl halides is 3. The SMILES string of the molecule is CNc1cc(-c2ccc(CN/N=C3\SCC(=O)N3c3ccccc3C(C)C)cc2)nn1-c1ccc(OC(F)(F)F)cc1. The third kappa shape index (κ3) is 6.54. The summed E-state index contributed by atoms with van der Waals surface area (Å²) < 4.78 is 43.1. The van der Waals surface area contributed by atoms with Gasteiger partial charge in [-0.05, 0) is 47.4 Å². The lowest BCUT2D eigenvalue weighted by Gasteiger charge is -2.21. The maximum atomic E-state index is 12.7. The van der Waals surface area contributed by atoms with Gasteiger partial charge in [-0.25, -0.2) is 4.68 Å². The van der Waals surface area contributed by atoms with Crippen LogP contribution in [0.1, 0.15) is 30.9 Å². The van der Waals surface area contributed by atoms with Gasteiger partial charge in [0, 0.05) is 18.7 Å². The zero-order valence-corrected chi connectivity index (χ0v) is 24.0. The van der Waals surface area contributed by atoms with E-state index in [1.165, 1.54) is 36.0 Å². The number of thioether (sulfide) groups is 1. The number of hydrogen-bond acceptors (Lipinski definition) is 7. The van der Waals surface area contributed by atoms with Gasteiger partial charge in [0.1, 0.15) is 11.6 Å². The molecule has 12 heteroatoms. The number of hydrazone groups is 1. The van der Waals surface area contributed by atoms with E-state index in [-0.39, 0.29) is 17.6 Å². The number of halogens is 3. The summed E-state index contributed by atoms with van der Waals surface area (Å²) in [6, 6.07) is 23.1. The highest BCUT2D eigenvalue weighted by Crippen LogP contribution is 2.33. The molecule has 1 aromatic heterocycles. The third-order valence-electron chi connectivity index (χ3n) is 6.55. The number of aromatic nitrogens is 2. The molecule has 0 spiro atoms. The van der Waals surface area contributed by atoms with Gasteiger partial charge in [-0.1, -0.05) is 68.1 Å². The van der Waals surface area contributed by atoms with Gasteiger partial charge in [0.15, 0.2) is 5.17 Å². The van der Waals surface area contributed by atoms with E-state index in [1.807, 2.05) is 54.6 Å². The first-order chi connectivity index (χ1) is 20.1. The maximum absolute atomic E-state index is 12.7. The smallest absolute Gasteiger partial charge is 0.406 e. The molecule has 8 nitrogen and oxygen atoms in total. The van der Waals surface area contributed by atoms with Crippen molar-refractivity contribution in [2.45, 2.75) is 32.7 Å². The molecule has 4 aromatic rings. The largest absolute Gasteiger partial charge is 0.573 e. The predicted molar refractivity (Wildman–Crippen MR) is 160 cm³/mol. The monoisotopic (exact) mass is 594 g/mol. The number of benzene rings is 3. The van der Waals surface area contributed by atoms with Crippen molar-refractivity contribution >= 4 is 34.3 Å². The quantitative estimate of drug-likeness (QED) is 0.209. The van der Waals surface area contributed by atoms with Crippen LogP contribution >= 0.6 is 11.8 Å². The van der Waals surface area contributed by atoms with Crippen molar-refractivity contribution in [3.8, 4) is 22.7 Å². The average Bonchev–Trinajstić information content (AvgIpc) is 3.56. The number of amides is 1. The van der Waals surface area contributed by atoms with Gasteiger partial charge < -0.3 is 15.5 Å². The third-order valence-corrected chi connectivity index (χ3v) is 7.48. The summed E-state index contributed by atoms with van der Waals surface area (Å²) in [7, 11) is 1.74. The Morgan fingerprint density at radius 3 is 2.43 bits per heavy atom. The lowest BCUT2D eigenvalue weighted by molar-refractivity contribution is -0.274. The molecule has 1 fully saturated rings. The molecule has 0 atom stereocenters. The highest BCUT2D eigenvalue weighted by atomic mass is 32.2. The first-order valence-corrected chi connectivity index (χ1v) is 14.2. The molecule has 1 aliphatic heterocycles. The molecular formula is C30H29F3N6O2S. The van der Waals surface area contributed by atoms with E-state index in [0.29, 0.717) is 34.7 Å². The number of hydrogen-bond donors (Lipinski definition) is 2. The van der Waals surface area contributed by atoms with E-state index in [2.05, 4.69) is 39.5 Å². The summed E-state index contributed by atoms with van der Waals surface area (Å²) in [5.74, 6) is 0.979. The normalized spacial score (nSPS) is 14.6. The molecule has 1 aliphatic rings. The Labute approximate surface area is 245 Å². The highest BCUT2D eigenvalue weighted by Gasteiger charge is 2.32. The Hall–Kier alpha value is -4.45.